The first-order valence-electron chi connectivity index (χ1n) is 5.57. The van der Waals surface area contributed by atoms with Gasteiger partial charge in [0.2, 0.25) is 0 Å². The summed E-state index contributed by atoms with van der Waals surface area (Å²) < 4.78 is 10.2. The van der Waals surface area contributed by atoms with Crippen molar-refractivity contribution in [3.63, 3.8) is 0 Å². The Morgan fingerprint density at radius 3 is 2.94 bits per heavy atom. The van der Waals surface area contributed by atoms with Gasteiger partial charge in [-0.25, -0.2) is 0 Å². The fraction of sp³-hybridized carbons (Fsp3) is 0.667. The number of rotatable bonds is 4. The van der Waals surface area contributed by atoms with Gasteiger partial charge in [-0.3, -0.25) is 9.59 Å². The summed E-state index contributed by atoms with van der Waals surface area (Å²) in [6.07, 6.45) is 4.28. The first-order valence-corrected chi connectivity index (χ1v) is 5.57. The molecule has 1 aliphatic heterocycles. The van der Waals surface area contributed by atoms with Crippen LogP contribution < -0.4 is 0 Å². The van der Waals surface area contributed by atoms with Crippen molar-refractivity contribution in [2.75, 3.05) is 19.8 Å². The number of hydrogen-bond acceptors (Lipinski definition) is 4. The van der Waals surface area contributed by atoms with Gasteiger partial charge in [0, 0.05) is 6.42 Å². The Bertz CT molecular complexity index is 295. The average Bonchev–Trinajstić information content (AvgIpc) is 2.28. The zero-order chi connectivity index (χ0) is 12.0. The lowest BCUT2D eigenvalue weighted by Crippen LogP contribution is -2.47. The highest BCUT2D eigenvalue weighted by molar-refractivity contribution is 6.04. The van der Waals surface area contributed by atoms with E-state index < -0.39 is 11.4 Å². The van der Waals surface area contributed by atoms with Crippen LogP contribution in [0.2, 0.25) is 0 Å². The van der Waals surface area contributed by atoms with Crippen LogP contribution in [-0.4, -0.2) is 31.6 Å². The van der Waals surface area contributed by atoms with E-state index in [2.05, 4.69) is 0 Å². The second-order valence-electron chi connectivity index (χ2n) is 3.80. The van der Waals surface area contributed by atoms with Gasteiger partial charge in [-0.1, -0.05) is 12.2 Å². The lowest BCUT2D eigenvalue weighted by molar-refractivity contribution is -0.168. The molecule has 1 atom stereocenters. The minimum atomic E-state index is -1.11. The molecule has 0 aromatic rings. The number of ether oxygens (including phenoxy) is 2. The van der Waals surface area contributed by atoms with E-state index in [1.54, 1.807) is 6.92 Å². The van der Waals surface area contributed by atoms with Crippen LogP contribution >= 0.6 is 0 Å². The van der Waals surface area contributed by atoms with Crippen LogP contribution in [0.1, 0.15) is 26.7 Å². The normalized spacial score (nSPS) is 26.0. The van der Waals surface area contributed by atoms with Crippen LogP contribution in [0.5, 0.6) is 0 Å². The SMILES string of the molecule is C/C=C/CC1(C(=O)OCC)COCCC1=O. The van der Waals surface area contributed by atoms with Crippen molar-refractivity contribution in [2.45, 2.75) is 26.7 Å². The van der Waals surface area contributed by atoms with Gasteiger partial charge < -0.3 is 9.47 Å². The molecule has 0 aromatic heterocycles. The summed E-state index contributed by atoms with van der Waals surface area (Å²) in [6, 6.07) is 0. The number of hydrogen-bond donors (Lipinski definition) is 0. The highest BCUT2D eigenvalue weighted by Gasteiger charge is 2.47. The van der Waals surface area contributed by atoms with Gasteiger partial charge >= 0.3 is 5.97 Å². The smallest absolute Gasteiger partial charge is 0.322 e. The van der Waals surface area contributed by atoms with Gasteiger partial charge in [-0.2, -0.15) is 0 Å². The molecule has 0 N–H and O–H groups in total. The lowest BCUT2D eigenvalue weighted by atomic mass is 9.78. The molecule has 1 fully saturated rings. The number of carbonyl (C=O) groups excluding carboxylic acids is 2. The summed E-state index contributed by atoms with van der Waals surface area (Å²) in [4.78, 5) is 23.8. The monoisotopic (exact) mass is 226 g/mol. The molecular formula is C12H18O4. The van der Waals surface area contributed by atoms with Crippen LogP contribution in [0, 0.1) is 5.41 Å². The van der Waals surface area contributed by atoms with E-state index in [9.17, 15) is 9.59 Å². The molecule has 0 saturated carbocycles. The number of esters is 1. The van der Waals surface area contributed by atoms with Crippen LogP contribution in [0.3, 0.4) is 0 Å². The third kappa shape index (κ3) is 2.50. The Morgan fingerprint density at radius 2 is 2.38 bits per heavy atom. The number of carbonyl (C=O) groups is 2. The molecular weight excluding hydrogens is 208 g/mol. The molecule has 4 nitrogen and oxygen atoms in total. The Morgan fingerprint density at radius 1 is 1.62 bits per heavy atom. The fourth-order valence-corrected chi connectivity index (χ4v) is 1.75. The molecule has 0 spiro atoms. The molecule has 16 heavy (non-hydrogen) atoms. The quantitative estimate of drug-likeness (QED) is 0.414. The van der Waals surface area contributed by atoms with Gasteiger partial charge in [-0.05, 0) is 20.3 Å². The predicted molar refractivity (Wildman–Crippen MR) is 58.9 cm³/mol. The van der Waals surface area contributed by atoms with Crippen LogP contribution in [-0.2, 0) is 19.1 Å². The fourth-order valence-electron chi connectivity index (χ4n) is 1.75. The topological polar surface area (TPSA) is 52.6 Å². The summed E-state index contributed by atoms with van der Waals surface area (Å²) >= 11 is 0. The highest BCUT2D eigenvalue weighted by atomic mass is 16.5. The maximum absolute atomic E-state index is 11.9. The summed E-state index contributed by atoms with van der Waals surface area (Å²) in [5.41, 5.74) is -1.11. The Kier molecular flexibility index (Phi) is 4.68. The molecule has 0 radical (unpaired) electrons. The van der Waals surface area contributed by atoms with E-state index in [-0.39, 0.29) is 25.4 Å². The molecule has 1 rings (SSSR count). The van der Waals surface area contributed by atoms with Crippen LogP contribution in [0.25, 0.3) is 0 Å². The highest BCUT2D eigenvalue weighted by Crippen LogP contribution is 2.31. The van der Waals surface area contributed by atoms with Crippen molar-refractivity contribution in [1.82, 2.24) is 0 Å². The van der Waals surface area contributed by atoms with Crippen molar-refractivity contribution in [3.05, 3.63) is 12.2 Å². The van der Waals surface area contributed by atoms with Gasteiger partial charge in [0.1, 0.15) is 0 Å². The Labute approximate surface area is 95.6 Å². The van der Waals surface area contributed by atoms with E-state index in [1.807, 2.05) is 19.1 Å². The second kappa shape index (κ2) is 5.80. The van der Waals surface area contributed by atoms with Gasteiger partial charge in [0.15, 0.2) is 11.2 Å². The van der Waals surface area contributed by atoms with E-state index >= 15 is 0 Å². The molecule has 0 amide bonds. The summed E-state index contributed by atoms with van der Waals surface area (Å²) in [5.74, 6) is -0.534. The molecule has 1 saturated heterocycles. The number of ketones is 1. The predicted octanol–water partition coefficient (Wildman–Crippen LogP) is 1.49. The van der Waals surface area contributed by atoms with E-state index in [0.29, 0.717) is 13.0 Å². The van der Waals surface area contributed by atoms with Gasteiger partial charge in [-0.15, -0.1) is 0 Å². The minimum absolute atomic E-state index is 0.0738. The van der Waals surface area contributed by atoms with Crippen molar-refractivity contribution >= 4 is 11.8 Å². The molecule has 1 unspecified atom stereocenters. The Hall–Kier alpha value is -1.16. The van der Waals surface area contributed by atoms with Gasteiger partial charge in [0.25, 0.3) is 0 Å². The van der Waals surface area contributed by atoms with Crippen molar-refractivity contribution in [2.24, 2.45) is 5.41 Å². The summed E-state index contributed by atoms with van der Waals surface area (Å²) in [5, 5.41) is 0. The molecule has 1 heterocycles. The largest absolute Gasteiger partial charge is 0.465 e. The molecule has 0 aromatic carbocycles. The third-order valence-electron chi connectivity index (χ3n) is 2.72. The average molecular weight is 226 g/mol. The minimum Gasteiger partial charge on any atom is -0.465 e. The first kappa shape index (κ1) is 12.9. The van der Waals surface area contributed by atoms with Crippen LogP contribution in [0.4, 0.5) is 0 Å². The zero-order valence-corrected chi connectivity index (χ0v) is 9.82. The van der Waals surface area contributed by atoms with Gasteiger partial charge in [0.05, 0.1) is 19.8 Å². The van der Waals surface area contributed by atoms with E-state index in [4.69, 9.17) is 9.47 Å². The number of allylic oxidation sites excluding steroid dienone is 2. The first-order chi connectivity index (χ1) is 7.67. The zero-order valence-electron chi connectivity index (χ0n) is 9.82. The molecule has 90 valence electrons. The second-order valence-corrected chi connectivity index (χ2v) is 3.80. The van der Waals surface area contributed by atoms with Crippen molar-refractivity contribution in [1.29, 1.82) is 0 Å². The molecule has 0 bridgehead atoms. The summed E-state index contributed by atoms with van der Waals surface area (Å²) in [7, 11) is 0. The van der Waals surface area contributed by atoms with E-state index in [1.165, 1.54) is 0 Å². The maximum atomic E-state index is 11.9. The molecule has 4 heteroatoms. The maximum Gasteiger partial charge on any atom is 0.322 e. The molecule has 1 aliphatic rings. The summed E-state index contributed by atoms with van der Waals surface area (Å²) in [6.45, 7) is 4.40. The standard InChI is InChI=1S/C12H18O4/c1-3-5-7-12(11(14)16-4-2)9-15-8-6-10(12)13/h3,5H,4,6-9H2,1-2H3/b5-3+. The van der Waals surface area contributed by atoms with E-state index in [0.717, 1.165) is 0 Å². The van der Waals surface area contributed by atoms with Crippen LogP contribution in [0.15, 0.2) is 12.2 Å². The molecule has 0 aliphatic carbocycles. The van der Waals surface area contributed by atoms with Crippen molar-refractivity contribution in [3.8, 4) is 0 Å². The number of Topliss-reactive ketones (excluding diaryl/α,β-unsaturated/α-hetero) is 1. The third-order valence-corrected chi connectivity index (χ3v) is 2.72. The Balaban J connectivity index is 2.89. The lowest BCUT2D eigenvalue weighted by Gasteiger charge is -2.32. The van der Waals surface area contributed by atoms with Crippen molar-refractivity contribution < 1.29 is 19.1 Å².